The second-order valence-electron chi connectivity index (χ2n) is 10.2. The van der Waals surface area contributed by atoms with Crippen molar-refractivity contribution in [1.82, 2.24) is 5.32 Å². The Morgan fingerprint density at radius 1 is 1.17 bits per heavy atom. The van der Waals surface area contributed by atoms with E-state index in [4.69, 9.17) is 11.6 Å². The van der Waals surface area contributed by atoms with Gasteiger partial charge >= 0.3 is 12.4 Å². The molecule has 42 heavy (non-hydrogen) atoms. The highest BCUT2D eigenvalue weighted by Gasteiger charge is 2.71. The molecule has 0 radical (unpaired) electrons. The molecule has 2 atom stereocenters. The number of hydrogen-bond acceptors (Lipinski definition) is 5. The first-order valence-corrected chi connectivity index (χ1v) is 14.1. The number of rotatable bonds is 10. The van der Waals surface area contributed by atoms with Crippen LogP contribution in [0.1, 0.15) is 44.7 Å². The van der Waals surface area contributed by atoms with Crippen LogP contribution in [0.15, 0.2) is 52.9 Å². The van der Waals surface area contributed by atoms with Gasteiger partial charge in [0.05, 0.1) is 28.8 Å². The van der Waals surface area contributed by atoms with Gasteiger partial charge in [-0.15, -0.1) is 0 Å². The molecule has 3 N–H and O–H groups in total. The highest BCUT2D eigenvalue weighted by atomic mass is 35.5. The number of nitrogens with zero attached hydrogens (tertiary/aromatic N) is 1. The first-order valence-electron chi connectivity index (χ1n) is 12.3. The Morgan fingerprint density at radius 2 is 1.74 bits per heavy atom. The van der Waals surface area contributed by atoms with Crippen LogP contribution in [0.4, 0.5) is 36.4 Å². The number of benzene rings is 1. The molecule has 1 heterocycles. The molecule has 1 aliphatic rings. The van der Waals surface area contributed by atoms with Crippen molar-refractivity contribution in [1.29, 1.82) is 0 Å². The summed E-state index contributed by atoms with van der Waals surface area (Å²) in [5.41, 5.74) is -9.23. The van der Waals surface area contributed by atoms with Crippen molar-refractivity contribution in [3.8, 4) is 0 Å². The summed E-state index contributed by atoms with van der Waals surface area (Å²) in [7, 11) is -4.67. The summed E-state index contributed by atoms with van der Waals surface area (Å²) in [4.78, 5) is 12.2. The first kappa shape index (κ1) is 35.6. The van der Waals surface area contributed by atoms with Gasteiger partial charge in [0.25, 0.3) is 15.6 Å². The molecule has 1 aliphatic heterocycles. The summed E-state index contributed by atoms with van der Waals surface area (Å²) >= 11 is 5.78. The number of carbonyl (C=O) groups is 1. The number of amides is 1. The van der Waals surface area contributed by atoms with E-state index in [-0.39, 0.29) is 29.1 Å². The van der Waals surface area contributed by atoms with Gasteiger partial charge in [0.2, 0.25) is 5.91 Å². The van der Waals surface area contributed by atoms with Crippen LogP contribution in [-0.2, 0) is 26.8 Å². The molecular weight excluding hydrogens is 621 g/mol. The molecular formula is C26H30ClF7N2O5S. The van der Waals surface area contributed by atoms with Crippen molar-refractivity contribution in [2.45, 2.75) is 75.8 Å². The SMILES string of the molecule is C=CC(=CC=C(C)Cl)S(=O)(=O)N1c2ccc(C(O)(C(F)(F)F)C(F)(F)F)cc2CCC1CC(=O)NCC(F)C(C)(C)O. The third kappa shape index (κ3) is 7.47. The van der Waals surface area contributed by atoms with Crippen molar-refractivity contribution in [2.75, 3.05) is 10.8 Å². The van der Waals surface area contributed by atoms with Crippen LogP contribution in [0, 0.1) is 0 Å². The lowest BCUT2D eigenvalue weighted by Crippen LogP contribution is -2.54. The van der Waals surface area contributed by atoms with Gasteiger partial charge in [-0.05, 0) is 63.5 Å². The zero-order valence-electron chi connectivity index (χ0n) is 22.7. The number of sulfonamides is 1. The molecule has 0 fully saturated rings. The topological polar surface area (TPSA) is 107 Å². The molecule has 0 spiro atoms. The summed E-state index contributed by atoms with van der Waals surface area (Å²) in [6.07, 6.45) is -12.1. The van der Waals surface area contributed by atoms with Gasteiger partial charge in [-0.25, -0.2) is 12.8 Å². The number of alkyl halides is 7. The maximum atomic E-state index is 14.1. The maximum Gasteiger partial charge on any atom is 0.430 e. The van der Waals surface area contributed by atoms with Crippen LogP contribution in [0.3, 0.4) is 0 Å². The minimum atomic E-state index is -6.16. The molecule has 236 valence electrons. The Morgan fingerprint density at radius 3 is 2.21 bits per heavy atom. The summed E-state index contributed by atoms with van der Waals surface area (Å²) in [6.45, 7) is 6.60. The lowest BCUT2D eigenvalue weighted by Gasteiger charge is -2.39. The molecule has 2 unspecified atom stereocenters. The average molecular weight is 651 g/mol. The van der Waals surface area contributed by atoms with Gasteiger partial charge in [0, 0.05) is 17.0 Å². The van der Waals surface area contributed by atoms with E-state index in [1.807, 2.05) is 0 Å². The van der Waals surface area contributed by atoms with Gasteiger partial charge in [0.1, 0.15) is 6.17 Å². The number of halogens is 8. The molecule has 0 bridgehead atoms. The van der Waals surface area contributed by atoms with Crippen molar-refractivity contribution in [3.63, 3.8) is 0 Å². The van der Waals surface area contributed by atoms with Gasteiger partial charge in [-0.2, -0.15) is 26.3 Å². The lowest BCUT2D eigenvalue weighted by atomic mass is 9.87. The van der Waals surface area contributed by atoms with Crippen molar-refractivity contribution < 1.29 is 54.2 Å². The monoisotopic (exact) mass is 650 g/mol. The molecule has 0 saturated carbocycles. The highest BCUT2D eigenvalue weighted by Crippen LogP contribution is 2.51. The minimum Gasteiger partial charge on any atom is -0.387 e. The van der Waals surface area contributed by atoms with Gasteiger partial charge in [-0.1, -0.05) is 30.3 Å². The maximum absolute atomic E-state index is 14.1. The number of carbonyl (C=O) groups excluding carboxylic acids is 1. The molecule has 0 saturated heterocycles. The van der Waals surface area contributed by atoms with E-state index in [2.05, 4.69) is 11.9 Å². The number of fused-ring (bicyclic) bond motifs is 1. The first-order chi connectivity index (χ1) is 19.0. The van der Waals surface area contributed by atoms with Crippen molar-refractivity contribution in [3.05, 3.63) is 64.1 Å². The van der Waals surface area contributed by atoms with E-state index in [1.54, 1.807) is 0 Å². The third-order valence-electron chi connectivity index (χ3n) is 6.54. The summed E-state index contributed by atoms with van der Waals surface area (Å²) < 4.78 is 123. The third-order valence-corrected chi connectivity index (χ3v) is 8.57. The summed E-state index contributed by atoms with van der Waals surface area (Å²) in [5.74, 6) is -0.837. The fourth-order valence-corrected chi connectivity index (χ4v) is 5.92. The van der Waals surface area contributed by atoms with Crippen LogP contribution in [0.5, 0.6) is 0 Å². The zero-order chi connectivity index (χ0) is 32.5. The highest BCUT2D eigenvalue weighted by molar-refractivity contribution is 7.96. The molecule has 0 aliphatic carbocycles. The number of allylic oxidation sites excluding steroid dienone is 4. The van der Waals surface area contributed by atoms with Crippen molar-refractivity contribution in [2.24, 2.45) is 0 Å². The zero-order valence-corrected chi connectivity index (χ0v) is 24.2. The molecule has 2 rings (SSSR count). The molecule has 1 aromatic rings. The van der Waals surface area contributed by atoms with E-state index in [0.717, 1.165) is 12.2 Å². The molecule has 7 nitrogen and oxygen atoms in total. The summed E-state index contributed by atoms with van der Waals surface area (Å²) in [5, 5.41) is 22.0. The number of aryl methyl sites for hydroxylation is 1. The number of hydrogen-bond donors (Lipinski definition) is 3. The number of nitrogens with one attached hydrogen (secondary N) is 1. The van der Waals surface area contributed by atoms with E-state index < -0.39 is 75.1 Å². The Balaban J connectivity index is 2.66. The van der Waals surface area contributed by atoms with Crippen LogP contribution in [0.2, 0.25) is 0 Å². The van der Waals surface area contributed by atoms with E-state index >= 15 is 0 Å². The largest absolute Gasteiger partial charge is 0.430 e. The van der Waals surface area contributed by atoms with E-state index in [9.17, 15) is 54.2 Å². The average Bonchev–Trinajstić information content (AvgIpc) is 2.84. The molecule has 0 aromatic heterocycles. The Hall–Kier alpha value is -2.62. The van der Waals surface area contributed by atoms with Crippen LogP contribution in [0.25, 0.3) is 0 Å². The summed E-state index contributed by atoms with van der Waals surface area (Å²) in [6, 6.07) is 0.195. The van der Waals surface area contributed by atoms with E-state index in [0.29, 0.717) is 22.5 Å². The fraction of sp³-hybridized carbons (Fsp3) is 0.500. The van der Waals surface area contributed by atoms with Crippen LogP contribution >= 0.6 is 11.6 Å². The van der Waals surface area contributed by atoms with Gasteiger partial charge in [0.15, 0.2) is 0 Å². The second-order valence-corrected chi connectivity index (χ2v) is 12.6. The Kier molecular flexibility index (Phi) is 10.6. The van der Waals surface area contributed by atoms with Crippen molar-refractivity contribution >= 4 is 33.2 Å². The smallest absolute Gasteiger partial charge is 0.387 e. The number of aliphatic hydroxyl groups is 2. The van der Waals surface area contributed by atoms with E-state index in [1.165, 1.54) is 26.8 Å². The van der Waals surface area contributed by atoms with Gasteiger partial charge in [-0.3, -0.25) is 9.10 Å². The lowest BCUT2D eigenvalue weighted by molar-refractivity contribution is -0.376. The molecule has 16 heteroatoms. The van der Waals surface area contributed by atoms with Crippen LogP contribution < -0.4 is 9.62 Å². The Labute approximate surface area is 243 Å². The quantitative estimate of drug-likeness (QED) is 0.236. The predicted molar refractivity (Wildman–Crippen MR) is 143 cm³/mol. The van der Waals surface area contributed by atoms with Gasteiger partial charge < -0.3 is 15.5 Å². The normalized spacial score (nSPS) is 18.4. The molecule has 1 amide bonds. The standard InChI is InChI=1S/C26H30ClF7N2O5S/c1-5-19(10-6-15(2)27)42(40,41)36-18(13-22(37)35-14-21(28)23(3,4)38)9-7-16-12-17(8-11-20(16)36)24(39,25(29,30)31)26(32,33)34/h5-6,8,10-12,18,21,38-39H,1,7,9,13-14H2,2-4H3,(H,35,37). The predicted octanol–water partition coefficient (Wildman–Crippen LogP) is 5.28. The minimum absolute atomic E-state index is 0.162. The number of anilines is 1. The Bertz CT molecular complexity index is 1330. The van der Waals surface area contributed by atoms with Crippen LogP contribution in [-0.4, -0.2) is 61.2 Å². The molecule has 1 aromatic carbocycles. The second kappa shape index (κ2) is 12.5. The fourth-order valence-electron chi connectivity index (χ4n) is 4.17.